The Kier molecular flexibility index (Phi) is 6.10. The number of carbonyl (C=O) groups excluding carboxylic acids is 1. The number of amides is 1. The van der Waals surface area contributed by atoms with Crippen molar-refractivity contribution in [3.05, 3.63) is 0 Å². The summed E-state index contributed by atoms with van der Waals surface area (Å²) in [6.45, 7) is 7.99. The molecule has 5 heteroatoms. The fourth-order valence-electron chi connectivity index (χ4n) is 4.04. The lowest BCUT2D eigenvalue weighted by Crippen LogP contribution is -2.53. The lowest BCUT2D eigenvalue weighted by Gasteiger charge is -2.40. The highest BCUT2D eigenvalue weighted by Crippen LogP contribution is 2.20. The van der Waals surface area contributed by atoms with E-state index in [1.807, 2.05) is 0 Å². The second-order valence-corrected chi connectivity index (χ2v) is 6.99. The first kappa shape index (κ1) is 16.2. The van der Waals surface area contributed by atoms with Gasteiger partial charge in [-0.25, -0.2) is 0 Å². The third-order valence-corrected chi connectivity index (χ3v) is 5.60. The van der Waals surface area contributed by atoms with Crippen LogP contribution in [0.3, 0.4) is 0 Å². The van der Waals surface area contributed by atoms with Gasteiger partial charge >= 0.3 is 0 Å². The zero-order valence-corrected chi connectivity index (χ0v) is 13.8. The molecular weight excluding hydrogens is 278 g/mol. The predicted molar refractivity (Wildman–Crippen MR) is 86.8 cm³/mol. The van der Waals surface area contributed by atoms with Gasteiger partial charge in [0, 0.05) is 51.9 Å². The molecule has 3 saturated heterocycles. The van der Waals surface area contributed by atoms with Crippen LogP contribution in [0.25, 0.3) is 0 Å². The Morgan fingerprint density at radius 1 is 1.00 bits per heavy atom. The van der Waals surface area contributed by atoms with Gasteiger partial charge in [-0.15, -0.1) is 0 Å². The van der Waals surface area contributed by atoms with Crippen molar-refractivity contribution >= 4 is 5.91 Å². The van der Waals surface area contributed by atoms with E-state index in [1.165, 1.54) is 12.8 Å². The summed E-state index contributed by atoms with van der Waals surface area (Å²) in [4.78, 5) is 17.1. The average Bonchev–Trinajstić information content (AvgIpc) is 2.61. The number of ether oxygens (including phenoxy) is 1. The lowest BCUT2D eigenvalue weighted by atomic mass is 9.93. The Bertz CT molecular complexity index is 344. The normalized spacial score (nSPS) is 26.3. The van der Waals surface area contributed by atoms with Crippen LogP contribution in [0.15, 0.2) is 0 Å². The lowest BCUT2D eigenvalue weighted by molar-refractivity contribution is -0.134. The molecule has 0 radical (unpaired) electrons. The first-order valence-corrected chi connectivity index (χ1v) is 9.13. The van der Waals surface area contributed by atoms with E-state index in [-0.39, 0.29) is 0 Å². The zero-order chi connectivity index (χ0) is 15.2. The van der Waals surface area contributed by atoms with E-state index in [0.29, 0.717) is 11.9 Å². The molecule has 22 heavy (non-hydrogen) atoms. The monoisotopic (exact) mass is 309 g/mol. The van der Waals surface area contributed by atoms with Crippen LogP contribution in [-0.4, -0.2) is 74.2 Å². The van der Waals surface area contributed by atoms with Gasteiger partial charge in [-0.05, 0) is 51.1 Å². The minimum atomic E-state index is 0.380. The second kappa shape index (κ2) is 8.27. The van der Waals surface area contributed by atoms with Crippen LogP contribution in [0.4, 0.5) is 0 Å². The van der Waals surface area contributed by atoms with Gasteiger partial charge < -0.3 is 15.0 Å². The molecular formula is C17H31N3O2. The minimum absolute atomic E-state index is 0.380. The molecule has 3 heterocycles. The third-order valence-electron chi connectivity index (χ3n) is 5.60. The summed E-state index contributed by atoms with van der Waals surface area (Å²) in [6.07, 6.45) is 6.63. The highest BCUT2D eigenvalue weighted by molar-refractivity contribution is 5.76. The molecule has 3 fully saturated rings. The van der Waals surface area contributed by atoms with E-state index in [4.69, 9.17) is 4.74 Å². The van der Waals surface area contributed by atoms with Crippen LogP contribution in [0.2, 0.25) is 0 Å². The number of piperazine rings is 1. The molecule has 0 atom stereocenters. The van der Waals surface area contributed by atoms with E-state index >= 15 is 0 Å². The van der Waals surface area contributed by atoms with Gasteiger partial charge in [0.15, 0.2) is 0 Å². The minimum Gasteiger partial charge on any atom is -0.381 e. The Hall–Kier alpha value is -0.650. The summed E-state index contributed by atoms with van der Waals surface area (Å²) >= 11 is 0. The Labute approximate surface area is 134 Å². The van der Waals surface area contributed by atoms with Crippen LogP contribution in [0.1, 0.15) is 38.5 Å². The van der Waals surface area contributed by atoms with E-state index in [0.717, 1.165) is 84.1 Å². The van der Waals surface area contributed by atoms with Crippen LogP contribution >= 0.6 is 0 Å². The fraction of sp³-hybridized carbons (Fsp3) is 0.941. The number of piperidine rings is 1. The number of carbonyl (C=O) groups is 1. The van der Waals surface area contributed by atoms with Gasteiger partial charge in [-0.3, -0.25) is 9.69 Å². The van der Waals surface area contributed by atoms with Crippen LogP contribution in [0.5, 0.6) is 0 Å². The van der Waals surface area contributed by atoms with Crippen molar-refractivity contribution < 1.29 is 9.53 Å². The molecule has 0 aliphatic carbocycles. The number of hydrogen-bond donors (Lipinski definition) is 1. The summed E-state index contributed by atoms with van der Waals surface area (Å²) in [5.74, 6) is 1.14. The van der Waals surface area contributed by atoms with Crippen LogP contribution in [0, 0.1) is 5.92 Å². The molecule has 0 saturated carbocycles. The molecule has 0 aromatic carbocycles. The van der Waals surface area contributed by atoms with Crippen molar-refractivity contribution in [2.45, 2.75) is 44.6 Å². The Balaban J connectivity index is 1.36. The number of nitrogens with zero attached hydrogens (tertiary/aromatic N) is 2. The summed E-state index contributed by atoms with van der Waals surface area (Å²) < 4.78 is 5.44. The Morgan fingerprint density at radius 2 is 1.68 bits per heavy atom. The number of hydrogen-bond acceptors (Lipinski definition) is 4. The quantitative estimate of drug-likeness (QED) is 0.844. The van der Waals surface area contributed by atoms with E-state index in [1.54, 1.807) is 0 Å². The molecule has 126 valence electrons. The molecule has 0 bridgehead atoms. The van der Waals surface area contributed by atoms with Crippen molar-refractivity contribution in [1.82, 2.24) is 15.1 Å². The smallest absolute Gasteiger partial charge is 0.222 e. The highest BCUT2D eigenvalue weighted by atomic mass is 16.5. The van der Waals surface area contributed by atoms with Gasteiger partial charge in [-0.2, -0.15) is 0 Å². The topological polar surface area (TPSA) is 44.8 Å². The molecule has 0 unspecified atom stereocenters. The van der Waals surface area contributed by atoms with Gasteiger partial charge in [0.1, 0.15) is 0 Å². The molecule has 3 rings (SSSR count). The SMILES string of the molecule is O=C(CCC1CCNCC1)N1CCN(C2CCOCC2)CC1. The molecule has 5 nitrogen and oxygen atoms in total. The zero-order valence-electron chi connectivity index (χ0n) is 13.8. The molecule has 0 spiro atoms. The highest BCUT2D eigenvalue weighted by Gasteiger charge is 2.27. The Morgan fingerprint density at radius 3 is 2.36 bits per heavy atom. The largest absolute Gasteiger partial charge is 0.381 e. The maximum atomic E-state index is 12.4. The number of rotatable bonds is 4. The fourth-order valence-corrected chi connectivity index (χ4v) is 4.04. The van der Waals surface area contributed by atoms with Crippen LogP contribution < -0.4 is 5.32 Å². The number of nitrogens with one attached hydrogen (secondary N) is 1. The molecule has 3 aliphatic rings. The molecule has 0 aromatic heterocycles. The summed E-state index contributed by atoms with van der Waals surface area (Å²) in [7, 11) is 0. The molecule has 1 N–H and O–H groups in total. The van der Waals surface area contributed by atoms with E-state index in [9.17, 15) is 4.79 Å². The summed E-state index contributed by atoms with van der Waals surface area (Å²) in [6, 6.07) is 0.681. The van der Waals surface area contributed by atoms with Crippen molar-refractivity contribution in [2.75, 3.05) is 52.5 Å². The second-order valence-electron chi connectivity index (χ2n) is 6.99. The van der Waals surface area contributed by atoms with Gasteiger partial charge in [-0.1, -0.05) is 0 Å². The summed E-state index contributed by atoms with van der Waals surface area (Å²) in [5, 5.41) is 3.39. The van der Waals surface area contributed by atoms with Crippen LogP contribution in [-0.2, 0) is 9.53 Å². The maximum Gasteiger partial charge on any atom is 0.222 e. The van der Waals surface area contributed by atoms with Gasteiger partial charge in [0.25, 0.3) is 0 Å². The van der Waals surface area contributed by atoms with Gasteiger partial charge in [0.2, 0.25) is 5.91 Å². The molecule has 1 amide bonds. The predicted octanol–water partition coefficient (Wildman–Crippen LogP) is 1.09. The first-order chi connectivity index (χ1) is 10.8. The molecule has 0 aromatic rings. The van der Waals surface area contributed by atoms with Crippen molar-refractivity contribution in [2.24, 2.45) is 5.92 Å². The van der Waals surface area contributed by atoms with Crippen molar-refractivity contribution in [3.63, 3.8) is 0 Å². The van der Waals surface area contributed by atoms with Gasteiger partial charge in [0.05, 0.1) is 0 Å². The first-order valence-electron chi connectivity index (χ1n) is 9.13. The summed E-state index contributed by atoms with van der Waals surface area (Å²) in [5.41, 5.74) is 0. The standard InChI is InChI=1S/C17H31N3O2/c21-17(2-1-15-3-7-18-8-4-15)20-11-9-19(10-12-20)16-5-13-22-14-6-16/h15-16,18H,1-14H2. The van der Waals surface area contributed by atoms with Crippen molar-refractivity contribution in [1.29, 1.82) is 0 Å². The average molecular weight is 309 g/mol. The van der Waals surface area contributed by atoms with Crippen molar-refractivity contribution in [3.8, 4) is 0 Å². The maximum absolute atomic E-state index is 12.4. The third kappa shape index (κ3) is 4.43. The van der Waals surface area contributed by atoms with E-state index in [2.05, 4.69) is 15.1 Å². The molecule has 3 aliphatic heterocycles. The van der Waals surface area contributed by atoms with E-state index < -0.39 is 0 Å².